The number of halogens is 2. The van der Waals surface area contributed by atoms with Crippen LogP contribution in [0.1, 0.15) is 0 Å². The minimum atomic E-state index is 0. The van der Waals surface area contributed by atoms with E-state index in [0.29, 0.717) is 0 Å². The number of hydrogen-bond donors (Lipinski definition) is 2. The van der Waals surface area contributed by atoms with Gasteiger partial charge in [0, 0.05) is 0 Å². The lowest BCUT2D eigenvalue weighted by atomic mass is 14.0. The standard InChI is InChI=1S/2ClH.2H3N/h2*1H;2*1H3/p-2. The molecule has 0 unspecified atom stereocenters. The van der Waals surface area contributed by atoms with E-state index in [4.69, 9.17) is 0 Å². The van der Waals surface area contributed by atoms with E-state index >= 15 is 0 Å². The summed E-state index contributed by atoms with van der Waals surface area (Å²) in [5, 5.41) is 0. The second-order valence-electron chi connectivity index (χ2n) is 0. The molecule has 0 aromatic rings. The Morgan fingerprint density at radius 2 is 0.500 bits per heavy atom. The molecule has 0 aliphatic heterocycles. The van der Waals surface area contributed by atoms with Crippen LogP contribution in [0.5, 0.6) is 0 Å². The smallest absolute Gasteiger partial charge is 0.344 e. The van der Waals surface area contributed by atoms with Gasteiger partial charge in [-0.3, -0.25) is 0 Å². The highest BCUT2D eigenvalue weighted by atomic mass is 35.5. The normalized spacial score (nSPS) is 0. The van der Waals surface area contributed by atoms with Crippen molar-refractivity contribution in [2.24, 2.45) is 0 Å². The molecule has 0 aromatic carbocycles. The van der Waals surface area contributed by atoms with Crippen molar-refractivity contribution in [3.8, 4) is 0 Å². The summed E-state index contributed by atoms with van der Waals surface area (Å²) in [6.45, 7) is 0. The predicted molar refractivity (Wildman–Crippen MR) is 10.0 cm³/mol. The Bertz CT molecular complexity index is 4.00. The third kappa shape index (κ3) is 22.5. The molecular weight excluding hydrogens is 98.9 g/mol. The van der Waals surface area contributed by atoms with Crippen LogP contribution in [0.3, 0.4) is 0 Å². The Hall–Kier alpha value is 0.500. The van der Waals surface area contributed by atoms with Gasteiger partial charge in [0.2, 0.25) is 0 Å². The van der Waals surface area contributed by atoms with Gasteiger partial charge in [-0.1, -0.05) is 0 Å². The van der Waals surface area contributed by atoms with Gasteiger partial charge < -0.3 is 37.1 Å². The first-order valence-electron chi connectivity index (χ1n) is 0. The quantitative estimate of drug-likeness (QED) is 0.322. The highest BCUT2D eigenvalue weighted by molar-refractivity contribution is 2.14. The summed E-state index contributed by atoms with van der Waals surface area (Å²) in [7, 11) is 0. The molecule has 0 amide bonds. The second kappa shape index (κ2) is 87.5. The highest BCUT2D eigenvalue weighted by Crippen LogP contribution is -0.480. The molecule has 0 aliphatic rings. The van der Waals surface area contributed by atoms with Gasteiger partial charge in [0.05, 0.1) is 0 Å². The maximum Gasteiger partial charge on any atom is -0.344 e. The van der Waals surface area contributed by atoms with Gasteiger partial charge in [0.1, 0.15) is 0 Å². The second-order valence-corrected chi connectivity index (χ2v) is 0. The average Bonchev–Trinajstić information content (AvgIpc) is 0. The molecule has 0 saturated heterocycles. The van der Waals surface area contributed by atoms with Crippen molar-refractivity contribution in [3.05, 3.63) is 0 Å². The molecule has 0 bridgehead atoms. The molecule has 0 aliphatic carbocycles. The average molecular weight is 105 g/mol. The summed E-state index contributed by atoms with van der Waals surface area (Å²) in [5.74, 6) is 0. The summed E-state index contributed by atoms with van der Waals surface area (Å²) in [6, 6.07) is 0. The zero-order valence-corrected chi connectivity index (χ0v) is 3.68. The van der Waals surface area contributed by atoms with Gasteiger partial charge in [-0.15, -0.1) is 0 Å². The monoisotopic (exact) mass is 104 g/mol. The molecule has 6 N–H and O–H groups in total. The lowest BCUT2D eigenvalue weighted by Gasteiger charge is -1.00. The van der Waals surface area contributed by atoms with Gasteiger partial charge in [-0.2, -0.15) is 0 Å². The van der Waals surface area contributed by atoms with Crippen molar-refractivity contribution in [1.29, 1.82) is 0 Å². The molecule has 2 nitrogen and oxygen atoms in total. The van der Waals surface area contributed by atoms with E-state index < -0.39 is 0 Å². The fraction of sp³-hybridized carbons (Fsp3) is 0. The van der Waals surface area contributed by atoms with E-state index in [0.717, 1.165) is 0 Å². The lowest BCUT2D eigenvalue weighted by molar-refractivity contribution is -0.00100. The Labute approximate surface area is 37.9 Å². The predicted octanol–water partition coefficient (Wildman–Crippen LogP) is -5.67. The molecule has 0 rings (SSSR count). The van der Waals surface area contributed by atoms with Gasteiger partial charge in [-0.25, -0.2) is 0 Å². The minimum Gasteiger partial charge on any atom is -1.00 e. The first-order valence-corrected chi connectivity index (χ1v) is 0. The summed E-state index contributed by atoms with van der Waals surface area (Å²) >= 11 is 0. The fourth-order valence-electron chi connectivity index (χ4n) is 0. The van der Waals surface area contributed by atoms with E-state index in [1.54, 1.807) is 0 Å². The molecule has 4 heteroatoms. The third-order valence-electron chi connectivity index (χ3n) is 0. The van der Waals surface area contributed by atoms with Gasteiger partial charge in [0.25, 0.3) is 0 Å². The van der Waals surface area contributed by atoms with Crippen molar-refractivity contribution in [1.82, 2.24) is 12.3 Å². The minimum absolute atomic E-state index is 0. The largest absolute Gasteiger partial charge is 1.00 e. The lowest BCUT2D eigenvalue weighted by Crippen LogP contribution is -3.00. The van der Waals surface area contributed by atoms with E-state index in [2.05, 4.69) is 0 Å². The van der Waals surface area contributed by atoms with Gasteiger partial charge in [0.15, 0.2) is 0 Å². The van der Waals surface area contributed by atoms with E-state index in [9.17, 15) is 0 Å². The van der Waals surface area contributed by atoms with Crippen molar-refractivity contribution < 1.29 is 24.8 Å². The molecule has 0 radical (unpaired) electrons. The fourth-order valence-corrected chi connectivity index (χ4v) is 0. The first-order chi connectivity index (χ1) is 0. The van der Waals surface area contributed by atoms with Crippen LogP contribution in [0.2, 0.25) is 0 Å². The summed E-state index contributed by atoms with van der Waals surface area (Å²) < 4.78 is 0. The zero-order chi connectivity index (χ0) is 0. The van der Waals surface area contributed by atoms with E-state index in [1.165, 1.54) is 0 Å². The van der Waals surface area contributed by atoms with Crippen molar-refractivity contribution in [2.45, 2.75) is 0 Å². The molecule has 32 valence electrons. The van der Waals surface area contributed by atoms with Crippen LogP contribution in [0, 0.1) is 0 Å². The first kappa shape index (κ1) is 221. The van der Waals surface area contributed by atoms with Crippen LogP contribution in [0.25, 0.3) is 0 Å². The molecule has 0 spiro atoms. The van der Waals surface area contributed by atoms with Gasteiger partial charge in [-0.05, 0) is 0 Å². The maximum atomic E-state index is 0. The Kier molecular flexibility index (Phi) is 4820. The Morgan fingerprint density at radius 3 is 0.500 bits per heavy atom. The summed E-state index contributed by atoms with van der Waals surface area (Å²) in [4.78, 5) is 0. The third-order valence-corrected chi connectivity index (χ3v) is 0. The molecule has 0 saturated carbocycles. The topological polar surface area (TPSA) is 70.0 Å². The molecular formula is H6Cl2N2-2. The van der Waals surface area contributed by atoms with E-state index in [1.807, 2.05) is 0 Å². The van der Waals surface area contributed by atoms with Crippen LogP contribution < -0.4 is 37.1 Å². The molecule has 0 fully saturated rings. The SMILES string of the molecule is N.N.[Cl-].[Cl-]. The van der Waals surface area contributed by atoms with Crippen LogP contribution in [0.15, 0.2) is 0 Å². The highest BCUT2D eigenvalue weighted by Gasteiger charge is -0.343. The van der Waals surface area contributed by atoms with Gasteiger partial charge >= 0.3 is 0 Å². The zero-order valence-electron chi connectivity index (χ0n) is 2.17. The molecule has 0 atom stereocenters. The van der Waals surface area contributed by atoms with Crippen LogP contribution in [-0.4, -0.2) is 0 Å². The summed E-state index contributed by atoms with van der Waals surface area (Å²) in [5.41, 5.74) is 0. The maximum absolute atomic E-state index is 0. The summed E-state index contributed by atoms with van der Waals surface area (Å²) in [6.07, 6.45) is 0. The Balaban J connectivity index is 0. The van der Waals surface area contributed by atoms with Crippen LogP contribution >= 0.6 is 0 Å². The molecule has 0 aromatic heterocycles. The van der Waals surface area contributed by atoms with Crippen molar-refractivity contribution in [2.75, 3.05) is 0 Å². The van der Waals surface area contributed by atoms with E-state index in [-0.39, 0.29) is 37.1 Å². The number of rotatable bonds is 0. The van der Waals surface area contributed by atoms with Crippen molar-refractivity contribution >= 4 is 0 Å². The molecule has 0 heterocycles. The Morgan fingerprint density at radius 1 is 0.500 bits per heavy atom. The number of hydrogen-bond acceptors (Lipinski definition) is 2. The van der Waals surface area contributed by atoms with Crippen LogP contribution in [0.4, 0.5) is 0 Å². The van der Waals surface area contributed by atoms with Crippen molar-refractivity contribution in [3.63, 3.8) is 0 Å². The van der Waals surface area contributed by atoms with Crippen LogP contribution in [-0.2, 0) is 0 Å². The molecule has 4 heavy (non-hydrogen) atoms.